The Morgan fingerprint density at radius 3 is 2.55 bits per heavy atom. The number of rotatable bonds is 4. The van der Waals surface area contributed by atoms with Crippen LogP contribution in [-0.4, -0.2) is 19.4 Å². The Labute approximate surface area is 126 Å². The molecule has 0 bridgehead atoms. The van der Waals surface area contributed by atoms with E-state index in [1.807, 2.05) is 18.2 Å². The van der Waals surface area contributed by atoms with Crippen molar-refractivity contribution in [2.24, 2.45) is 5.41 Å². The van der Waals surface area contributed by atoms with E-state index in [1.54, 1.807) is 7.05 Å². The molecule has 0 heterocycles. The first-order valence-electron chi connectivity index (χ1n) is 7.40. The summed E-state index contributed by atoms with van der Waals surface area (Å²) in [4.78, 5) is 11.8. The number of hydrogen-bond donors (Lipinski definition) is 1. The zero-order valence-electron chi connectivity index (χ0n) is 12.6. The Morgan fingerprint density at radius 1 is 1.35 bits per heavy atom. The molecule has 0 spiro atoms. The summed E-state index contributed by atoms with van der Waals surface area (Å²) in [5, 5.41) is 3.63. The summed E-state index contributed by atoms with van der Waals surface area (Å²) >= 11 is 6.41. The Hall–Kier alpha value is -0.860. The zero-order valence-corrected chi connectivity index (χ0v) is 13.4. The van der Waals surface area contributed by atoms with Crippen LogP contribution in [0.1, 0.15) is 61.4 Å². The highest BCUT2D eigenvalue weighted by Gasteiger charge is 2.28. The van der Waals surface area contributed by atoms with Crippen molar-refractivity contribution in [2.75, 3.05) is 13.6 Å². The SMILES string of the molecule is CNCC(=O)c1ccc(C2CCC(C)(C)CC2)c(Cl)c1. The van der Waals surface area contributed by atoms with Gasteiger partial charge in [-0.1, -0.05) is 37.6 Å². The second-order valence-corrected chi connectivity index (χ2v) is 7.04. The lowest BCUT2D eigenvalue weighted by molar-refractivity contribution is 0.0993. The molecule has 2 nitrogen and oxygen atoms in total. The Morgan fingerprint density at radius 2 is 2.00 bits per heavy atom. The maximum atomic E-state index is 11.8. The van der Waals surface area contributed by atoms with E-state index >= 15 is 0 Å². The van der Waals surface area contributed by atoms with E-state index in [1.165, 1.54) is 31.2 Å². The molecule has 0 amide bonds. The molecule has 1 aliphatic rings. The minimum atomic E-state index is 0.0886. The van der Waals surface area contributed by atoms with Crippen molar-refractivity contribution in [3.63, 3.8) is 0 Å². The molecule has 0 aliphatic heterocycles. The maximum absolute atomic E-state index is 11.8. The smallest absolute Gasteiger partial charge is 0.176 e. The molecule has 1 aromatic carbocycles. The summed E-state index contributed by atoms with van der Waals surface area (Å²) in [6.45, 7) is 5.03. The summed E-state index contributed by atoms with van der Waals surface area (Å²) in [6.07, 6.45) is 4.87. The van der Waals surface area contributed by atoms with Crippen molar-refractivity contribution in [3.05, 3.63) is 34.3 Å². The van der Waals surface area contributed by atoms with Gasteiger partial charge in [0.1, 0.15) is 0 Å². The molecule has 110 valence electrons. The Kier molecular flexibility index (Phi) is 4.87. The third kappa shape index (κ3) is 3.62. The third-order valence-corrected chi connectivity index (χ3v) is 4.77. The highest BCUT2D eigenvalue weighted by molar-refractivity contribution is 6.31. The van der Waals surface area contributed by atoms with E-state index in [-0.39, 0.29) is 5.78 Å². The quantitative estimate of drug-likeness (QED) is 0.832. The van der Waals surface area contributed by atoms with Gasteiger partial charge in [-0.3, -0.25) is 4.79 Å². The molecule has 1 saturated carbocycles. The van der Waals surface area contributed by atoms with Crippen LogP contribution in [0, 0.1) is 5.41 Å². The largest absolute Gasteiger partial charge is 0.313 e. The van der Waals surface area contributed by atoms with Crippen LogP contribution in [-0.2, 0) is 0 Å². The monoisotopic (exact) mass is 293 g/mol. The van der Waals surface area contributed by atoms with Crippen molar-refractivity contribution in [1.29, 1.82) is 0 Å². The van der Waals surface area contributed by atoms with Crippen molar-refractivity contribution in [3.8, 4) is 0 Å². The van der Waals surface area contributed by atoms with Gasteiger partial charge in [-0.2, -0.15) is 0 Å². The fourth-order valence-electron chi connectivity index (χ4n) is 3.00. The molecule has 20 heavy (non-hydrogen) atoms. The number of likely N-dealkylation sites (N-methyl/N-ethyl adjacent to an activating group) is 1. The van der Waals surface area contributed by atoms with Gasteiger partial charge in [0, 0.05) is 10.6 Å². The lowest BCUT2D eigenvalue weighted by Crippen LogP contribution is -2.21. The first kappa shape index (κ1) is 15.5. The van der Waals surface area contributed by atoms with E-state index < -0.39 is 0 Å². The zero-order chi connectivity index (χ0) is 14.8. The number of carbonyl (C=O) groups excluding carboxylic acids is 1. The second-order valence-electron chi connectivity index (χ2n) is 6.63. The first-order chi connectivity index (χ1) is 9.43. The molecule has 1 N–H and O–H groups in total. The number of ketones is 1. The molecular weight excluding hydrogens is 270 g/mol. The van der Waals surface area contributed by atoms with Gasteiger partial charge in [-0.05, 0) is 55.7 Å². The summed E-state index contributed by atoms with van der Waals surface area (Å²) in [5.41, 5.74) is 2.37. The van der Waals surface area contributed by atoms with Crippen LogP contribution < -0.4 is 5.32 Å². The molecule has 0 radical (unpaired) electrons. The normalized spacial score (nSPS) is 19.0. The topological polar surface area (TPSA) is 29.1 Å². The molecule has 0 unspecified atom stereocenters. The van der Waals surface area contributed by atoms with E-state index in [4.69, 9.17) is 11.6 Å². The number of halogens is 1. The predicted octanol–water partition coefficient (Wildman–Crippen LogP) is 4.43. The molecule has 1 fully saturated rings. The van der Waals surface area contributed by atoms with E-state index in [0.29, 0.717) is 23.4 Å². The Bertz CT molecular complexity index is 486. The highest BCUT2D eigenvalue weighted by atomic mass is 35.5. The fourth-order valence-corrected chi connectivity index (χ4v) is 3.34. The average molecular weight is 294 g/mol. The molecular formula is C17H24ClNO. The van der Waals surface area contributed by atoms with Crippen LogP contribution in [0.3, 0.4) is 0 Å². The minimum Gasteiger partial charge on any atom is -0.313 e. The molecule has 1 aromatic rings. The summed E-state index contributed by atoms with van der Waals surface area (Å²) in [7, 11) is 1.78. The highest BCUT2D eigenvalue weighted by Crippen LogP contribution is 2.44. The molecule has 1 aliphatic carbocycles. The van der Waals surface area contributed by atoms with Gasteiger partial charge in [0.2, 0.25) is 0 Å². The lowest BCUT2D eigenvalue weighted by Gasteiger charge is -2.34. The van der Waals surface area contributed by atoms with Crippen LogP contribution in [0.15, 0.2) is 18.2 Å². The van der Waals surface area contributed by atoms with E-state index in [9.17, 15) is 4.79 Å². The molecule has 2 rings (SSSR count). The molecule has 3 heteroatoms. The molecule has 0 aromatic heterocycles. The number of Topliss-reactive ketones (excluding diaryl/α,β-unsaturated/α-hetero) is 1. The molecule has 0 atom stereocenters. The van der Waals surface area contributed by atoms with Crippen LogP contribution in [0.2, 0.25) is 5.02 Å². The molecule has 0 saturated heterocycles. The number of hydrogen-bond acceptors (Lipinski definition) is 2. The van der Waals surface area contributed by atoms with Crippen molar-refractivity contribution in [2.45, 2.75) is 45.4 Å². The maximum Gasteiger partial charge on any atom is 0.176 e. The number of carbonyl (C=O) groups is 1. The van der Waals surface area contributed by atoms with Crippen LogP contribution >= 0.6 is 11.6 Å². The summed E-state index contributed by atoms with van der Waals surface area (Å²) < 4.78 is 0. The lowest BCUT2D eigenvalue weighted by atomic mass is 9.71. The van der Waals surface area contributed by atoms with E-state index in [0.717, 1.165) is 5.02 Å². The third-order valence-electron chi connectivity index (χ3n) is 4.44. The number of benzene rings is 1. The van der Waals surface area contributed by atoms with Crippen LogP contribution in [0.25, 0.3) is 0 Å². The van der Waals surface area contributed by atoms with Gasteiger partial charge in [0.15, 0.2) is 5.78 Å². The van der Waals surface area contributed by atoms with Gasteiger partial charge < -0.3 is 5.32 Å². The summed E-state index contributed by atoms with van der Waals surface area (Å²) in [5.74, 6) is 0.634. The van der Waals surface area contributed by atoms with Crippen LogP contribution in [0.5, 0.6) is 0 Å². The Balaban J connectivity index is 2.12. The van der Waals surface area contributed by atoms with Crippen molar-refractivity contribution < 1.29 is 4.79 Å². The van der Waals surface area contributed by atoms with Crippen molar-refractivity contribution in [1.82, 2.24) is 5.32 Å². The standard InChI is InChI=1S/C17H24ClNO/c1-17(2)8-6-12(7-9-17)14-5-4-13(10-15(14)18)16(20)11-19-3/h4-5,10,12,19H,6-9,11H2,1-3H3. The van der Waals surface area contributed by atoms with Crippen molar-refractivity contribution >= 4 is 17.4 Å². The van der Waals surface area contributed by atoms with Gasteiger partial charge in [0.25, 0.3) is 0 Å². The van der Waals surface area contributed by atoms with Gasteiger partial charge >= 0.3 is 0 Å². The second kappa shape index (κ2) is 6.28. The van der Waals surface area contributed by atoms with Gasteiger partial charge in [-0.25, -0.2) is 0 Å². The van der Waals surface area contributed by atoms with Gasteiger partial charge in [-0.15, -0.1) is 0 Å². The average Bonchev–Trinajstić information content (AvgIpc) is 2.39. The predicted molar refractivity (Wildman–Crippen MR) is 84.7 cm³/mol. The van der Waals surface area contributed by atoms with E-state index in [2.05, 4.69) is 19.2 Å². The number of nitrogens with one attached hydrogen (secondary N) is 1. The minimum absolute atomic E-state index is 0.0886. The van der Waals surface area contributed by atoms with Crippen LogP contribution in [0.4, 0.5) is 0 Å². The first-order valence-corrected chi connectivity index (χ1v) is 7.78. The fraction of sp³-hybridized carbons (Fsp3) is 0.588. The van der Waals surface area contributed by atoms with Gasteiger partial charge in [0.05, 0.1) is 6.54 Å². The summed E-state index contributed by atoms with van der Waals surface area (Å²) in [6, 6.07) is 5.80.